The molecular formula is C24H29N3O5S. The lowest BCUT2D eigenvalue weighted by molar-refractivity contribution is -0.122. The number of amides is 2. The molecule has 2 amide bonds. The highest BCUT2D eigenvalue weighted by Gasteiger charge is 2.36. The zero-order valence-corrected chi connectivity index (χ0v) is 19.7. The van der Waals surface area contributed by atoms with E-state index in [-0.39, 0.29) is 29.7 Å². The Bertz CT molecular complexity index is 1140. The first-order valence-corrected chi connectivity index (χ1v) is 12.6. The van der Waals surface area contributed by atoms with Crippen LogP contribution in [0.25, 0.3) is 0 Å². The van der Waals surface area contributed by atoms with Crippen LogP contribution in [0.3, 0.4) is 0 Å². The number of sulfonamides is 1. The van der Waals surface area contributed by atoms with E-state index in [0.717, 1.165) is 24.8 Å². The second kappa shape index (κ2) is 9.52. The predicted molar refractivity (Wildman–Crippen MR) is 126 cm³/mol. The molecule has 2 saturated heterocycles. The molecule has 1 N–H and O–H groups in total. The van der Waals surface area contributed by atoms with Crippen LogP contribution in [0.4, 0.5) is 11.4 Å². The number of carbonyl (C=O) groups is 2. The van der Waals surface area contributed by atoms with Gasteiger partial charge in [0, 0.05) is 31.7 Å². The minimum absolute atomic E-state index is 0.102. The maximum Gasteiger partial charge on any atom is 0.243 e. The fraction of sp³-hybridized carbons (Fsp3) is 0.417. The Morgan fingerprint density at radius 1 is 1.06 bits per heavy atom. The van der Waals surface area contributed by atoms with Gasteiger partial charge in [0.15, 0.2) is 0 Å². The van der Waals surface area contributed by atoms with Crippen molar-refractivity contribution in [1.82, 2.24) is 4.31 Å². The topological polar surface area (TPSA) is 96.0 Å². The number of carbonyl (C=O) groups excluding carboxylic acids is 2. The predicted octanol–water partition coefficient (Wildman–Crippen LogP) is 3.17. The van der Waals surface area contributed by atoms with E-state index in [9.17, 15) is 18.0 Å². The molecule has 176 valence electrons. The van der Waals surface area contributed by atoms with E-state index in [0.29, 0.717) is 30.2 Å². The summed E-state index contributed by atoms with van der Waals surface area (Å²) in [6.07, 6.45) is 2.90. The van der Waals surface area contributed by atoms with Gasteiger partial charge >= 0.3 is 0 Å². The summed E-state index contributed by atoms with van der Waals surface area (Å²) in [6.45, 7) is 3.27. The zero-order chi connectivity index (χ0) is 23.6. The lowest BCUT2D eigenvalue weighted by Gasteiger charge is -2.25. The summed E-state index contributed by atoms with van der Waals surface area (Å²) in [5.74, 6) is -0.342. The number of rotatable bonds is 6. The second-order valence-corrected chi connectivity index (χ2v) is 10.5. The summed E-state index contributed by atoms with van der Waals surface area (Å²) in [4.78, 5) is 27.3. The monoisotopic (exact) mass is 471 g/mol. The van der Waals surface area contributed by atoms with Crippen LogP contribution in [0.15, 0.2) is 47.4 Å². The van der Waals surface area contributed by atoms with Crippen molar-refractivity contribution in [1.29, 1.82) is 0 Å². The molecule has 1 unspecified atom stereocenters. The van der Waals surface area contributed by atoms with Gasteiger partial charge in [-0.3, -0.25) is 9.59 Å². The first-order chi connectivity index (χ1) is 15.8. The van der Waals surface area contributed by atoms with Crippen LogP contribution in [-0.2, 0) is 19.6 Å². The van der Waals surface area contributed by atoms with E-state index in [1.807, 2.05) is 25.1 Å². The van der Waals surface area contributed by atoms with Gasteiger partial charge in [-0.15, -0.1) is 0 Å². The third-order valence-electron chi connectivity index (χ3n) is 6.20. The Morgan fingerprint density at radius 3 is 2.42 bits per heavy atom. The maximum atomic E-state index is 12.8. The Hall–Kier alpha value is -2.91. The van der Waals surface area contributed by atoms with Crippen LogP contribution in [0.2, 0.25) is 0 Å². The molecule has 0 radical (unpaired) electrons. The molecule has 0 spiro atoms. The van der Waals surface area contributed by atoms with Gasteiger partial charge in [-0.2, -0.15) is 4.31 Å². The fourth-order valence-corrected chi connectivity index (χ4v) is 5.85. The first kappa shape index (κ1) is 23.3. The summed E-state index contributed by atoms with van der Waals surface area (Å²) >= 11 is 0. The van der Waals surface area contributed by atoms with Gasteiger partial charge in [-0.1, -0.05) is 12.5 Å². The number of piperidine rings is 1. The SMILES string of the molecule is COc1ccc(C)cc1N1CC(C(=O)Nc2ccc(S(=O)(=O)N3CCCCC3)cc2)CC1=O. The van der Waals surface area contributed by atoms with E-state index < -0.39 is 15.9 Å². The minimum Gasteiger partial charge on any atom is -0.495 e. The Labute approximate surface area is 194 Å². The minimum atomic E-state index is -3.52. The van der Waals surface area contributed by atoms with E-state index in [4.69, 9.17) is 4.74 Å². The molecule has 4 rings (SSSR count). The van der Waals surface area contributed by atoms with Crippen molar-refractivity contribution in [2.24, 2.45) is 5.92 Å². The summed E-state index contributed by atoms with van der Waals surface area (Å²) in [6, 6.07) is 11.8. The smallest absolute Gasteiger partial charge is 0.243 e. The molecule has 2 aromatic rings. The second-order valence-electron chi connectivity index (χ2n) is 8.56. The molecule has 9 heteroatoms. The number of nitrogens with zero attached hydrogens (tertiary/aromatic N) is 2. The van der Waals surface area contributed by atoms with Gasteiger partial charge in [-0.05, 0) is 61.7 Å². The number of methoxy groups -OCH3 is 1. The molecule has 33 heavy (non-hydrogen) atoms. The number of ether oxygens (including phenoxy) is 1. The van der Waals surface area contributed by atoms with Gasteiger partial charge < -0.3 is 15.0 Å². The highest BCUT2D eigenvalue weighted by molar-refractivity contribution is 7.89. The molecule has 2 fully saturated rings. The average molecular weight is 472 g/mol. The molecule has 0 aromatic heterocycles. The first-order valence-electron chi connectivity index (χ1n) is 11.2. The lowest BCUT2D eigenvalue weighted by Crippen LogP contribution is -2.35. The van der Waals surface area contributed by atoms with Crippen molar-refractivity contribution in [3.63, 3.8) is 0 Å². The Balaban J connectivity index is 1.43. The molecule has 0 bridgehead atoms. The third kappa shape index (κ3) is 4.89. The summed E-state index contributed by atoms with van der Waals surface area (Å²) in [5.41, 5.74) is 2.15. The molecule has 1 atom stereocenters. The highest BCUT2D eigenvalue weighted by atomic mass is 32.2. The molecule has 2 heterocycles. The van der Waals surface area contributed by atoms with Crippen LogP contribution in [0.1, 0.15) is 31.2 Å². The van der Waals surface area contributed by atoms with E-state index in [1.54, 1.807) is 24.1 Å². The fourth-order valence-electron chi connectivity index (χ4n) is 4.34. The van der Waals surface area contributed by atoms with Gasteiger partial charge in [0.1, 0.15) is 5.75 Å². The molecular weight excluding hydrogens is 442 g/mol. The van der Waals surface area contributed by atoms with Crippen molar-refractivity contribution in [2.75, 3.05) is 37.0 Å². The van der Waals surface area contributed by atoms with E-state index >= 15 is 0 Å². The lowest BCUT2D eigenvalue weighted by atomic mass is 10.1. The number of benzene rings is 2. The Morgan fingerprint density at radius 2 is 1.76 bits per heavy atom. The zero-order valence-electron chi connectivity index (χ0n) is 18.9. The number of hydrogen-bond acceptors (Lipinski definition) is 5. The van der Waals surface area contributed by atoms with Gasteiger partial charge in [0.05, 0.1) is 23.6 Å². The van der Waals surface area contributed by atoms with E-state index in [1.165, 1.54) is 16.4 Å². The molecule has 0 aliphatic carbocycles. The quantitative estimate of drug-likeness (QED) is 0.698. The van der Waals surface area contributed by atoms with Crippen molar-refractivity contribution < 1.29 is 22.7 Å². The molecule has 8 nitrogen and oxygen atoms in total. The summed E-state index contributed by atoms with van der Waals surface area (Å²) in [7, 11) is -1.97. The number of anilines is 2. The molecule has 2 aromatic carbocycles. The van der Waals surface area contributed by atoms with Crippen molar-refractivity contribution >= 4 is 33.2 Å². The molecule has 2 aliphatic heterocycles. The van der Waals surface area contributed by atoms with Crippen LogP contribution in [0.5, 0.6) is 5.75 Å². The summed E-state index contributed by atoms with van der Waals surface area (Å²) < 4.78 is 32.5. The highest BCUT2D eigenvalue weighted by Crippen LogP contribution is 2.34. The largest absolute Gasteiger partial charge is 0.495 e. The van der Waals surface area contributed by atoms with Crippen molar-refractivity contribution in [3.05, 3.63) is 48.0 Å². The van der Waals surface area contributed by atoms with Gasteiger partial charge in [0.25, 0.3) is 0 Å². The number of aryl methyl sites for hydroxylation is 1. The van der Waals surface area contributed by atoms with Gasteiger partial charge in [0.2, 0.25) is 21.8 Å². The molecule has 0 saturated carbocycles. The summed E-state index contributed by atoms with van der Waals surface area (Å²) in [5, 5.41) is 2.82. The van der Waals surface area contributed by atoms with Crippen LogP contribution < -0.4 is 15.0 Å². The third-order valence-corrected chi connectivity index (χ3v) is 8.11. The normalized spacial score (nSPS) is 19.5. The average Bonchev–Trinajstić information content (AvgIpc) is 3.21. The number of nitrogens with one attached hydrogen (secondary N) is 1. The maximum absolute atomic E-state index is 12.8. The standard InChI is InChI=1S/C24H29N3O5S/c1-17-6-11-22(32-2)21(14-17)27-16-18(15-23(27)28)24(29)25-19-7-9-20(10-8-19)33(30,31)26-12-4-3-5-13-26/h6-11,14,18H,3-5,12-13,15-16H2,1-2H3,(H,25,29). The van der Waals surface area contributed by atoms with Crippen molar-refractivity contribution in [2.45, 2.75) is 37.5 Å². The van der Waals surface area contributed by atoms with E-state index in [2.05, 4.69) is 5.32 Å². The van der Waals surface area contributed by atoms with Crippen molar-refractivity contribution in [3.8, 4) is 5.75 Å². The van der Waals surface area contributed by atoms with Crippen LogP contribution >= 0.6 is 0 Å². The van der Waals surface area contributed by atoms with Crippen LogP contribution in [0, 0.1) is 12.8 Å². The molecule has 2 aliphatic rings. The number of hydrogen-bond donors (Lipinski definition) is 1. The van der Waals surface area contributed by atoms with Gasteiger partial charge in [-0.25, -0.2) is 8.42 Å². The van der Waals surface area contributed by atoms with Crippen LogP contribution in [-0.4, -0.2) is 51.3 Å². The Kier molecular flexibility index (Phi) is 6.71.